The van der Waals surface area contributed by atoms with Gasteiger partial charge in [0.15, 0.2) is 15.7 Å². The second-order valence-electron chi connectivity index (χ2n) is 7.03. The van der Waals surface area contributed by atoms with Crippen molar-refractivity contribution in [2.24, 2.45) is 0 Å². The third-order valence-electron chi connectivity index (χ3n) is 4.76. The van der Waals surface area contributed by atoms with Gasteiger partial charge < -0.3 is 10.1 Å². The summed E-state index contributed by atoms with van der Waals surface area (Å²) in [5, 5.41) is 2.55. The zero-order chi connectivity index (χ0) is 21.9. The van der Waals surface area contributed by atoms with Crippen LogP contribution in [0.1, 0.15) is 36.3 Å². The van der Waals surface area contributed by atoms with Gasteiger partial charge in [0.2, 0.25) is 5.91 Å². The molecule has 2 heterocycles. The Kier molecular flexibility index (Phi) is 6.41. The number of hydrogen-bond acceptors (Lipinski definition) is 6. The van der Waals surface area contributed by atoms with E-state index < -0.39 is 38.3 Å². The summed E-state index contributed by atoms with van der Waals surface area (Å²) in [7, 11) is -4.11. The van der Waals surface area contributed by atoms with Gasteiger partial charge in [-0.1, -0.05) is 6.07 Å². The lowest BCUT2D eigenvalue weighted by Crippen LogP contribution is -2.26. The van der Waals surface area contributed by atoms with Crippen molar-refractivity contribution < 1.29 is 31.1 Å². The van der Waals surface area contributed by atoms with Crippen molar-refractivity contribution in [1.29, 1.82) is 0 Å². The van der Waals surface area contributed by atoms with Gasteiger partial charge in [-0.3, -0.25) is 9.78 Å². The van der Waals surface area contributed by atoms with Crippen molar-refractivity contribution in [2.45, 2.75) is 42.4 Å². The van der Waals surface area contributed by atoms with E-state index in [-0.39, 0.29) is 23.9 Å². The first kappa shape index (κ1) is 22.2. The minimum Gasteiger partial charge on any atom is -0.378 e. The Labute approximate surface area is 171 Å². The highest BCUT2D eigenvalue weighted by Gasteiger charge is 2.38. The highest BCUT2D eigenvalue weighted by molar-refractivity contribution is 7.90. The maximum Gasteiger partial charge on any atom is 0.417 e. The summed E-state index contributed by atoms with van der Waals surface area (Å²) >= 11 is 0. The summed E-state index contributed by atoms with van der Waals surface area (Å²) in [6.07, 6.45) is 1.26. The molecule has 11 heteroatoms. The van der Waals surface area contributed by atoms with E-state index >= 15 is 0 Å². The van der Waals surface area contributed by atoms with Gasteiger partial charge >= 0.3 is 6.18 Å². The van der Waals surface area contributed by atoms with Crippen LogP contribution in [0.25, 0.3) is 0 Å². The molecule has 1 aliphatic heterocycles. The van der Waals surface area contributed by atoms with Gasteiger partial charge in [-0.15, -0.1) is 0 Å². The minimum atomic E-state index is -4.90. The van der Waals surface area contributed by atoms with Crippen molar-refractivity contribution in [3.8, 4) is 0 Å². The van der Waals surface area contributed by atoms with Crippen LogP contribution in [0.15, 0.2) is 41.7 Å². The summed E-state index contributed by atoms with van der Waals surface area (Å²) in [4.78, 5) is 19.9. The molecule has 0 spiro atoms. The molecule has 1 amide bonds. The molecular formula is C19H20F3N3O4S. The van der Waals surface area contributed by atoms with Gasteiger partial charge in [-0.05, 0) is 37.0 Å². The maximum atomic E-state index is 13.6. The monoisotopic (exact) mass is 443 g/mol. The Balaban J connectivity index is 2.00. The average molecular weight is 443 g/mol. The van der Waals surface area contributed by atoms with E-state index in [2.05, 4.69) is 15.3 Å². The number of benzene rings is 1. The van der Waals surface area contributed by atoms with Crippen LogP contribution in [0, 0.1) is 0 Å². The average Bonchev–Trinajstić information content (AvgIpc) is 3.18. The van der Waals surface area contributed by atoms with E-state index in [1.807, 2.05) is 0 Å². The quantitative estimate of drug-likeness (QED) is 0.736. The van der Waals surface area contributed by atoms with E-state index in [4.69, 9.17) is 4.74 Å². The highest BCUT2D eigenvalue weighted by atomic mass is 32.2. The van der Waals surface area contributed by atoms with E-state index in [1.54, 1.807) is 0 Å². The Morgan fingerprint density at radius 2 is 2.10 bits per heavy atom. The van der Waals surface area contributed by atoms with Crippen LogP contribution in [0.5, 0.6) is 0 Å². The number of aromatic nitrogens is 2. The normalized spacial score (nSPS) is 18.2. The Morgan fingerprint density at radius 3 is 2.67 bits per heavy atom. The smallest absolute Gasteiger partial charge is 0.378 e. The molecule has 1 saturated heterocycles. The molecule has 1 fully saturated rings. The molecule has 2 atom stereocenters. The van der Waals surface area contributed by atoms with E-state index in [9.17, 15) is 26.4 Å². The number of carbonyl (C=O) groups excluding carboxylic acids is 1. The number of sulfone groups is 1. The van der Waals surface area contributed by atoms with Crippen molar-refractivity contribution >= 4 is 21.6 Å². The van der Waals surface area contributed by atoms with Crippen molar-refractivity contribution in [1.82, 2.24) is 9.97 Å². The Hall–Kier alpha value is -2.53. The number of nitrogens with one attached hydrogen (secondary N) is 1. The summed E-state index contributed by atoms with van der Waals surface area (Å²) in [6, 6.07) is 2.86. The second-order valence-corrected chi connectivity index (χ2v) is 9.01. The number of nitrogens with zero attached hydrogens (tertiary/aromatic N) is 2. The first-order valence-electron chi connectivity index (χ1n) is 9.15. The SMILES string of the molecule is CS(=O)(=O)c1ccc(C(CC2CCCO2)C(=O)Nc2cnccn2)cc1C(F)(F)F. The fourth-order valence-corrected chi connectivity index (χ4v) is 4.26. The molecule has 1 aromatic heterocycles. The van der Waals surface area contributed by atoms with E-state index in [1.165, 1.54) is 24.7 Å². The number of hydrogen-bond donors (Lipinski definition) is 1. The fourth-order valence-electron chi connectivity index (χ4n) is 3.37. The van der Waals surface area contributed by atoms with Crippen LogP contribution in [0.2, 0.25) is 0 Å². The van der Waals surface area contributed by atoms with Gasteiger partial charge in [0.25, 0.3) is 0 Å². The Morgan fingerprint density at radius 1 is 1.33 bits per heavy atom. The highest BCUT2D eigenvalue weighted by Crippen LogP contribution is 2.37. The summed E-state index contributed by atoms with van der Waals surface area (Å²) in [6.45, 7) is 0.518. The third-order valence-corrected chi connectivity index (χ3v) is 5.92. The number of halogens is 3. The van der Waals surface area contributed by atoms with Crippen molar-refractivity contribution in [2.75, 3.05) is 18.2 Å². The molecule has 2 unspecified atom stereocenters. The first-order valence-corrected chi connectivity index (χ1v) is 11.0. The third kappa shape index (κ3) is 5.33. The van der Waals surface area contributed by atoms with Crippen LogP contribution in [-0.2, 0) is 25.5 Å². The van der Waals surface area contributed by atoms with Crippen molar-refractivity contribution in [3.63, 3.8) is 0 Å². The Bertz CT molecular complexity index is 1010. The second kappa shape index (κ2) is 8.68. The lowest BCUT2D eigenvalue weighted by molar-refractivity contribution is -0.140. The van der Waals surface area contributed by atoms with Crippen LogP contribution in [0.3, 0.4) is 0 Å². The fraction of sp³-hybridized carbons (Fsp3) is 0.421. The van der Waals surface area contributed by atoms with Gasteiger partial charge in [-0.2, -0.15) is 13.2 Å². The first-order chi connectivity index (χ1) is 14.1. The summed E-state index contributed by atoms with van der Waals surface area (Å²) in [5.74, 6) is -1.42. The number of carbonyl (C=O) groups is 1. The van der Waals surface area contributed by atoms with Gasteiger partial charge in [-0.25, -0.2) is 13.4 Å². The van der Waals surface area contributed by atoms with Gasteiger partial charge in [0.05, 0.1) is 28.7 Å². The minimum absolute atomic E-state index is 0.0478. The molecule has 7 nitrogen and oxygen atoms in total. The van der Waals surface area contributed by atoms with E-state index in [0.29, 0.717) is 19.3 Å². The van der Waals surface area contributed by atoms with Crippen LogP contribution < -0.4 is 5.32 Å². The zero-order valence-electron chi connectivity index (χ0n) is 16.0. The predicted molar refractivity (Wildman–Crippen MR) is 102 cm³/mol. The largest absolute Gasteiger partial charge is 0.417 e. The molecule has 0 aliphatic carbocycles. The number of ether oxygens (including phenoxy) is 1. The number of rotatable bonds is 6. The molecule has 1 N–H and O–H groups in total. The van der Waals surface area contributed by atoms with Crippen LogP contribution in [0.4, 0.5) is 19.0 Å². The zero-order valence-corrected chi connectivity index (χ0v) is 16.8. The lowest BCUT2D eigenvalue weighted by Gasteiger charge is -2.22. The molecule has 1 aliphatic rings. The molecular weight excluding hydrogens is 423 g/mol. The van der Waals surface area contributed by atoms with E-state index in [0.717, 1.165) is 18.6 Å². The van der Waals surface area contributed by atoms with Crippen molar-refractivity contribution in [3.05, 3.63) is 47.9 Å². The maximum absolute atomic E-state index is 13.6. The molecule has 2 aromatic rings. The molecule has 0 saturated carbocycles. The number of amides is 1. The lowest BCUT2D eigenvalue weighted by atomic mass is 9.90. The molecule has 162 valence electrons. The standard InChI is InChI=1S/C19H20F3N3O4S/c1-30(27,28)16-5-4-12(9-15(16)19(20,21)22)14(10-13-3-2-8-29-13)18(26)25-17-11-23-6-7-24-17/h4-7,9,11,13-14H,2-3,8,10H2,1H3,(H,24,25,26). The molecule has 3 rings (SSSR count). The number of anilines is 1. The predicted octanol–water partition coefficient (Wildman–Crippen LogP) is 3.19. The molecule has 0 bridgehead atoms. The molecule has 30 heavy (non-hydrogen) atoms. The molecule has 1 aromatic carbocycles. The van der Waals surface area contributed by atoms with Crippen LogP contribution >= 0.6 is 0 Å². The van der Waals surface area contributed by atoms with Gasteiger partial charge in [0.1, 0.15) is 0 Å². The molecule has 0 radical (unpaired) electrons. The number of alkyl halides is 3. The topological polar surface area (TPSA) is 98.2 Å². The summed E-state index contributed by atoms with van der Waals surface area (Å²) in [5.41, 5.74) is -1.25. The summed E-state index contributed by atoms with van der Waals surface area (Å²) < 4.78 is 69.9. The van der Waals surface area contributed by atoms with Crippen LogP contribution in [-0.4, -0.2) is 43.3 Å². The van der Waals surface area contributed by atoms with Gasteiger partial charge in [0, 0.05) is 25.3 Å².